The van der Waals surface area contributed by atoms with Crippen molar-refractivity contribution in [2.75, 3.05) is 14.1 Å². The third-order valence-corrected chi connectivity index (χ3v) is 4.08. The van der Waals surface area contributed by atoms with Gasteiger partial charge < -0.3 is 14.6 Å². The second-order valence-corrected chi connectivity index (χ2v) is 6.44. The van der Waals surface area contributed by atoms with E-state index in [4.69, 9.17) is 4.42 Å². The Morgan fingerprint density at radius 2 is 1.71 bits per heavy atom. The molecule has 1 aromatic heterocycles. The lowest BCUT2D eigenvalue weighted by atomic mass is 10.1. The molecule has 0 unspecified atom stereocenters. The second kappa shape index (κ2) is 6.89. The van der Waals surface area contributed by atoms with Crippen molar-refractivity contribution in [3.05, 3.63) is 71.0 Å². The topological polar surface area (TPSA) is 46.7 Å². The fourth-order valence-electron chi connectivity index (χ4n) is 2.84. The smallest absolute Gasteiger partial charge is 0.287 e. The molecule has 0 radical (unpaired) electrons. The number of fused-ring (bicyclic) bond motifs is 1. The van der Waals surface area contributed by atoms with Gasteiger partial charge in [-0.25, -0.2) is 0 Å². The molecule has 1 heterocycles. The van der Waals surface area contributed by atoms with Crippen LogP contribution in [0.4, 0.5) is 0 Å². The predicted molar refractivity (Wildman–Crippen MR) is 95.1 cm³/mol. The van der Waals surface area contributed by atoms with E-state index < -0.39 is 0 Å². The fraction of sp³-hybridized carbons (Fsp3) is 0.250. The summed E-state index contributed by atoms with van der Waals surface area (Å²) >= 11 is 0. The SMILES string of the molecule is Cc1c(C(=O)NCc2ccc(C[NH+](C)C)cc2)oc2ccccc12. The highest BCUT2D eigenvalue weighted by Gasteiger charge is 2.16. The number of para-hydroxylation sites is 1. The maximum absolute atomic E-state index is 12.4. The number of quaternary nitrogens is 1. The molecule has 0 saturated heterocycles. The summed E-state index contributed by atoms with van der Waals surface area (Å²) in [6.45, 7) is 3.40. The number of rotatable bonds is 5. The molecule has 2 N–H and O–H groups in total. The van der Waals surface area contributed by atoms with Crippen molar-refractivity contribution in [3.63, 3.8) is 0 Å². The summed E-state index contributed by atoms with van der Waals surface area (Å²) in [5, 5.41) is 3.92. The molecule has 0 saturated carbocycles. The quantitative estimate of drug-likeness (QED) is 0.757. The number of hydrogen-bond acceptors (Lipinski definition) is 2. The van der Waals surface area contributed by atoms with Gasteiger partial charge in [-0.1, -0.05) is 42.5 Å². The molecule has 4 heteroatoms. The van der Waals surface area contributed by atoms with Crippen LogP contribution in [0.25, 0.3) is 11.0 Å². The van der Waals surface area contributed by atoms with Crippen molar-refractivity contribution in [1.82, 2.24) is 5.32 Å². The average molecular weight is 323 g/mol. The van der Waals surface area contributed by atoms with Gasteiger partial charge in [-0.3, -0.25) is 4.79 Å². The molecule has 4 nitrogen and oxygen atoms in total. The molecular weight excluding hydrogens is 300 g/mol. The van der Waals surface area contributed by atoms with Gasteiger partial charge in [0.25, 0.3) is 5.91 Å². The van der Waals surface area contributed by atoms with Crippen LogP contribution in [0, 0.1) is 6.92 Å². The highest BCUT2D eigenvalue weighted by molar-refractivity contribution is 5.98. The van der Waals surface area contributed by atoms with Crippen molar-refractivity contribution in [2.24, 2.45) is 0 Å². The predicted octanol–water partition coefficient (Wildman–Crippen LogP) is 2.32. The first-order valence-corrected chi connectivity index (χ1v) is 8.18. The van der Waals surface area contributed by atoms with Gasteiger partial charge in [0.05, 0.1) is 14.1 Å². The lowest BCUT2D eigenvalue weighted by molar-refractivity contribution is -0.872. The first kappa shape index (κ1) is 16.3. The maximum atomic E-state index is 12.4. The lowest BCUT2D eigenvalue weighted by Gasteiger charge is -2.08. The summed E-state index contributed by atoms with van der Waals surface area (Å²) in [6.07, 6.45) is 0. The van der Waals surface area contributed by atoms with Gasteiger partial charge in [0.2, 0.25) is 0 Å². The summed E-state index contributed by atoms with van der Waals surface area (Å²) in [5.41, 5.74) is 4.00. The van der Waals surface area contributed by atoms with Crippen LogP contribution in [0.2, 0.25) is 0 Å². The van der Waals surface area contributed by atoms with E-state index >= 15 is 0 Å². The largest absolute Gasteiger partial charge is 0.451 e. The van der Waals surface area contributed by atoms with E-state index in [-0.39, 0.29) is 5.91 Å². The molecule has 2 aromatic carbocycles. The number of carbonyl (C=O) groups excluding carboxylic acids is 1. The summed E-state index contributed by atoms with van der Waals surface area (Å²) < 4.78 is 5.70. The molecular formula is C20H23N2O2+. The molecule has 0 fully saturated rings. The van der Waals surface area contributed by atoms with Gasteiger partial charge in [-0.15, -0.1) is 0 Å². The molecule has 124 valence electrons. The van der Waals surface area contributed by atoms with E-state index in [1.54, 1.807) is 0 Å². The number of carbonyl (C=O) groups is 1. The number of benzene rings is 2. The first-order chi connectivity index (χ1) is 11.5. The number of aryl methyl sites for hydroxylation is 1. The van der Waals surface area contributed by atoms with E-state index in [0.29, 0.717) is 12.3 Å². The third kappa shape index (κ3) is 3.49. The molecule has 3 rings (SSSR count). The van der Waals surface area contributed by atoms with Crippen LogP contribution in [0.15, 0.2) is 52.9 Å². The Morgan fingerprint density at radius 3 is 2.38 bits per heavy atom. The van der Waals surface area contributed by atoms with Crippen LogP contribution in [0.1, 0.15) is 27.2 Å². The number of nitrogens with one attached hydrogen (secondary N) is 2. The molecule has 0 spiro atoms. The van der Waals surface area contributed by atoms with Crippen molar-refractivity contribution in [3.8, 4) is 0 Å². The minimum absolute atomic E-state index is 0.175. The van der Waals surface area contributed by atoms with E-state index in [0.717, 1.165) is 28.6 Å². The highest BCUT2D eigenvalue weighted by Crippen LogP contribution is 2.24. The molecule has 0 aliphatic heterocycles. The van der Waals surface area contributed by atoms with E-state index in [1.807, 2.05) is 31.2 Å². The Kier molecular flexibility index (Phi) is 4.67. The second-order valence-electron chi connectivity index (χ2n) is 6.44. The van der Waals surface area contributed by atoms with Crippen molar-refractivity contribution in [2.45, 2.75) is 20.0 Å². The summed E-state index contributed by atoms with van der Waals surface area (Å²) in [5.74, 6) is 0.217. The number of furan rings is 1. The Bertz CT molecular complexity index is 848. The minimum atomic E-state index is -0.175. The van der Waals surface area contributed by atoms with Gasteiger partial charge in [-0.05, 0) is 18.6 Å². The van der Waals surface area contributed by atoms with Crippen LogP contribution in [-0.2, 0) is 13.1 Å². The molecule has 0 atom stereocenters. The van der Waals surface area contributed by atoms with Crippen LogP contribution >= 0.6 is 0 Å². The Balaban J connectivity index is 1.67. The van der Waals surface area contributed by atoms with Crippen molar-refractivity contribution in [1.29, 1.82) is 0 Å². The van der Waals surface area contributed by atoms with Crippen molar-refractivity contribution >= 4 is 16.9 Å². The van der Waals surface area contributed by atoms with Crippen LogP contribution in [0.3, 0.4) is 0 Å². The maximum Gasteiger partial charge on any atom is 0.287 e. The fourth-order valence-corrected chi connectivity index (χ4v) is 2.84. The Labute approximate surface area is 142 Å². The summed E-state index contributed by atoms with van der Waals surface area (Å²) in [4.78, 5) is 13.8. The van der Waals surface area contributed by atoms with Crippen LogP contribution < -0.4 is 10.2 Å². The molecule has 1 amide bonds. The molecule has 0 bridgehead atoms. The minimum Gasteiger partial charge on any atom is -0.451 e. The Hall–Kier alpha value is -2.59. The lowest BCUT2D eigenvalue weighted by Crippen LogP contribution is -3.04. The van der Waals surface area contributed by atoms with Gasteiger partial charge in [0.15, 0.2) is 5.76 Å². The first-order valence-electron chi connectivity index (χ1n) is 8.18. The zero-order valence-electron chi connectivity index (χ0n) is 14.3. The van der Waals surface area contributed by atoms with Gasteiger partial charge in [-0.2, -0.15) is 0 Å². The molecule has 0 aliphatic rings. The van der Waals surface area contributed by atoms with Crippen LogP contribution in [0.5, 0.6) is 0 Å². The molecule has 24 heavy (non-hydrogen) atoms. The third-order valence-electron chi connectivity index (χ3n) is 4.08. The molecule has 0 aliphatic carbocycles. The van der Waals surface area contributed by atoms with Gasteiger partial charge in [0.1, 0.15) is 12.1 Å². The van der Waals surface area contributed by atoms with E-state index in [9.17, 15) is 4.79 Å². The normalized spacial score (nSPS) is 11.2. The molecule has 3 aromatic rings. The summed E-state index contributed by atoms with van der Waals surface area (Å²) in [7, 11) is 4.26. The Morgan fingerprint density at radius 1 is 1.04 bits per heavy atom. The van der Waals surface area contributed by atoms with E-state index in [1.165, 1.54) is 10.5 Å². The van der Waals surface area contributed by atoms with Gasteiger partial charge >= 0.3 is 0 Å². The monoisotopic (exact) mass is 323 g/mol. The number of hydrogen-bond donors (Lipinski definition) is 2. The average Bonchev–Trinajstić information content (AvgIpc) is 2.91. The van der Waals surface area contributed by atoms with E-state index in [2.05, 4.69) is 43.7 Å². The highest BCUT2D eigenvalue weighted by atomic mass is 16.3. The zero-order valence-corrected chi connectivity index (χ0v) is 14.3. The van der Waals surface area contributed by atoms with Crippen molar-refractivity contribution < 1.29 is 14.1 Å². The van der Waals surface area contributed by atoms with Gasteiger partial charge in [0, 0.05) is 23.1 Å². The summed E-state index contributed by atoms with van der Waals surface area (Å²) in [6, 6.07) is 16.0. The zero-order chi connectivity index (χ0) is 17.1. The number of amides is 1. The standard InChI is InChI=1S/C20H22N2O2/c1-14-17-6-4-5-7-18(17)24-19(14)20(23)21-12-15-8-10-16(11-9-15)13-22(2)3/h4-11H,12-13H2,1-3H3,(H,21,23)/p+1. The van der Waals surface area contributed by atoms with Crippen LogP contribution in [-0.4, -0.2) is 20.0 Å².